The molecule has 1 saturated heterocycles. The number of rotatable bonds is 2. The molecule has 0 radical (unpaired) electrons. The highest BCUT2D eigenvalue weighted by Crippen LogP contribution is 2.22. The van der Waals surface area contributed by atoms with Crippen molar-refractivity contribution in [2.75, 3.05) is 13.2 Å². The molecular weight excluding hydrogens is 168 g/mol. The second kappa shape index (κ2) is 4.46. The van der Waals surface area contributed by atoms with Crippen molar-refractivity contribution >= 4 is 6.03 Å². The van der Waals surface area contributed by atoms with E-state index >= 15 is 0 Å². The Balaban J connectivity index is 2.39. The van der Waals surface area contributed by atoms with Crippen LogP contribution in [0.15, 0.2) is 0 Å². The van der Waals surface area contributed by atoms with Gasteiger partial charge in [0.25, 0.3) is 0 Å². The number of nitrogens with one attached hydrogen (secondary N) is 1. The quantitative estimate of drug-likeness (QED) is 0.662. The zero-order valence-electron chi connectivity index (χ0n) is 8.54. The van der Waals surface area contributed by atoms with Crippen molar-refractivity contribution in [2.24, 2.45) is 5.92 Å². The van der Waals surface area contributed by atoms with Gasteiger partial charge in [0.05, 0.1) is 6.61 Å². The number of hydrogen-bond donors (Lipinski definition) is 1. The molecule has 1 fully saturated rings. The Kier molecular flexibility index (Phi) is 3.54. The summed E-state index contributed by atoms with van der Waals surface area (Å²) in [6.07, 6.45) is 1.08. The molecule has 0 aromatic rings. The van der Waals surface area contributed by atoms with Crippen LogP contribution < -0.4 is 5.48 Å². The fourth-order valence-electron chi connectivity index (χ4n) is 1.57. The summed E-state index contributed by atoms with van der Waals surface area (Å²) in [5, 5.41) is 0. The lowest BCUT2D eigenvalue weighted by atomic mass is 10.1. The molecule has 4 heteroatoms. The molecule has 0 aromatic heterocycles. The smallest absolute Gasteiger partial charge is 0.320 e. The van der Waals surface area contributed by atoms with E-state index in [0.29, 0.717) is 18.6 Å². The molecule has 0 spiro atoms. The van der Waals surface area contributed by atoms with E-state index in [1.54, 1.807) is 0 Å². The first-order chi connectivity index (χ1) is 6.16. The molecule has 1 aliphatic heterocycles. The van der Waals surface area contributed by atoms with Gasteiger partial charge in [-0.15, -0.1) is 0 Å². The fraction of sp³-hybridized carbons (Fsp3) is 0.889. The Bertz CT molecular complexity index is 184. The zero-order valence-corrected chi connectivity index (χ0v) is 8.54. The van der Waals surface area contributed by atoms with Crippen molar-refractivity contribution in [3.05, 3.63) is 0 Å². The van der Waals surface area contributed by atoms with Crippen LogP contribution in [-0.2, 0) is 4.84 Å². The van der Waals surface area contributed by atoms with Gasteiger partial charge in [-0.25, -0.2) is 10.3 Å². The second-order valence-electron chi connectivity index (χ2n) is 3.54. The van der Waals surface area contributed by atoms with E-state index in [9.17, 15) is 4.79 Å². The molecule has 0 aromatic carbocycles. The molecule has 1 heterocycles. The Hall–Kier alpha value is -0.770. The third-order valence-electron chi connectivity index (χ3n) is 2.71. The van der Waals surface area contributed by atoms with Gasteiger partial charge in [-0.05, 0) is 26.2 Å². The van der Waals surface area contributed by atoms with Crippen LogP contribution in [0.2, 0.25) is 0 Å². The minimum Gasteiger partial charge on any atom is -0.320 e. The Morgan fingerprint density at radius 1 is 1.62 bits per heavy atom. The Morgan fingerprint density at radius 2 is 2.31 bits per heavy atom. The van der Waals surface area contributed by atoms with E-state index in [2.05, 4.69) is 19.3 Å². The summed E-state index contributed by atoms with van der Waals surface area (Å²) >= 11 is 0. The maximum Gasteiger partial charge on any atom is 0.341 e. The molecule has 13 heavy (non-hydrogen) atoms. The molecule has 0 aliphatic carbocycles. The number of urea groups is 1. The van der Waals surface area contributed by atoms with Gasteiger partial charge in [0.2, 0.25) is 0 Å². The third-order valence-corrected chi connectivity index (χ3v) is 2.71. The summed E-state index contributed by atoms with van der Waals surface area (Å²) in [5.41, 5.74) is 2.41. The minimum absolute atomic E-state index is 0.112. The standard InChI is InChI=1S/C9H18N2O2/c1-4-13-10-9(12)11-6-5-7(2)8(11)3/h7-8H,4-6H2,1-3H3,(H,10,12). The molecule has 2 amide bonds. The first-order valence-electron chi connectivity index (χ1n) is 4.85. The van der Waals surface area contributed by atoms with E-state index in [1.807, 2.05) is 11.8 Å². The average Bonchev–Trinajstić information content (AvgIpc) is 2.44. The third kappa shape index (κ3) is 2.34. The number of hydrogen-bond acceptors (Lipinski definition) is 2. The topological polar surface area (TPSA) is 41.6 Å². The van der Waals surface area contributed by atoms with Crippen LogP contribution in [0.1, 0.15) is 27.2 Å². The van der Waals surface area contributed by atoms with Crippen molar-refractivity contribution < 1.29 is 9.63 Å². The molecule has 0 saturated carbocycles. The number of nitrogens with zero attached hydrogens (tertiary/aromatic N) is 1. The number of carbonyl (C=O) groups is 1. The van der Waals surface area contributed by atoms with Gasteiger partial charge in [-0.3, -0.25) is 4.84 Å². The molecule has 1 rings (SSSR count). The van der Waals surface area contributed by atoms with Gasteiger partial charge in [0, 0.05) is 12.6 Å². The highest BCUT2D eigenvalue weighted by atomic mass is 16.7. The lowest BCUT2D eigenvalue weighted by molar-refractivity contribution is 0.0540. The summed E-state index contributed by atoms with van der Waals surface area (Å²) in [6.45, 7) is 7.42. The average molecular weight is 186 g/mol. The maximum atomic E-state index is 11.4. The molecule has 76 valence electrons. The summed E-state index contributed by atoms with van der Waals surface area (Å²) in [7, 11) is 0. The van der Waals surface area contributed by atoms with E-state index in [1.165, 1.54) is 0 Å². The Labute approximate surface area is 79.2 Å². The van der Waals surface area contributed by atoms with E-state index < -0.39 is 0 Å². The van der Waals surface area contributed by atoms with Gasteiger partial charge in [0.1, 0.15) is 0 Å². The summed E-state index contributed by atoms with van der Waals surface area (Å²) < 4.78 is 0. The monoisotopic (exact) mass is 186 g/mol. The van der Waals surface area contributed by atoms with Crippen LogP contribution in [0.3, 0.4) is 0 Å². The SMILES string of the molecule is CCONC(=O)N1CCC(C)C1C. The van der Waals surface area contributed by atoms with Crippen molar-refractivity contribution in [1.82, 2.24) is 10.4 Å². The van der Waals surface area contributed by atoms with Gasteiger partial charge < -0.3 is 4.90 Å². The number of hydroxylamine groups is 1. The van der Waals surface area contributed by atoms with Gasteiger partial charge in [-0.1, -0.05) is 6.92 Å². The van der Waals surface area contributed by atoms with Crippen LogP contribution in [-0.4, -0.2) is 30.1 Å². The van der Waals surface area contributed by atoms with Crippen LogP contribution in [0.4, 0.5) is 4.79 Å². The second-order valence-corrected chi connectivity index (χ2v) is 3.54. The maximum absolute atomic E-state index is 11.4. The predicted molar refractivity (Wildman–Crippen MR) is 50.1 cm³/mol. The van der Waals surface area contributed by atoms with Crippen LogP contribution in [0, 0.1) is 5.92 Å². The van der Waals surface area contributed by atoms with Crippen LogP contribution in [0.5, 0.6) is 0 Å². The molecule has 4 nitrogen and oxygen atoms in total. The summed E-state index contributed by atoms with van der Waals surface area (Å²) in [4.78, 5) is 18.1. The lowest BCUT2D eigenvalue weighted by Gasteiger charge is -2.23. The van der Waals surface area contributed by atoms with Gasteiger partial charge >= 0.3 is 6.03 Å². The van der Waals surface area contributed by atoms with Gasteiger partial charge in [0.15, 0.2) is 0 Å². The van der Waals surface area contributed by atoms with Crippen molar-refractivity contribution in [2.45, 2.75) is 33.2 Å². The summed E-state index contributed by atoms with van der Waals surface area (Å²) in [5.74, 6) is 0.590. The minimum atomic E-state index is -0.112. The first-order valence-corrected chi connectivity index (χ1v) is 4.85. The van der Waals surface area contributed by atoms with Gasteiger partial charge in [-0.2, -0.15) is 0 Å². The van der Waals surface area contributed by atoms with E-state index in [4.69, 9.17) is 4.84 Å². The highest BCUT2D eigenvalue weighted by Gasteiger charge is 2.30. The number of amides is 2. The van der Waals surface area contributed by atoms with Crippen LogP contribution in [0.25, 0.3) is 0 Å². The molecule has 2 atom stereocenters. The normalized spacial score (nSPS) is 27.8. The zero-order chi connectivity index (χ0) is 9.84. The predicted octanol–water partition coefficient (Wildman–Crippen LogP) is 1.38. The summed E-state index contributed by atoms with van der Waals surface area (Å²) in [6, 6.07) is 0.208. The largest absolute Gasteiger partial charge is 0.341 e. The first kappa shape index (κ1) is 10.3. The molecule has 0 bridgehead atoms. The van der Waals surface area contributed by atoms with Crippen LogP contribution >= 0.6 is 0 Å². The van der Waals surface area contributed by atoms with Crippen molar-refractivity contribution in [1.29, 1.82) is 0 Å². The fourth-order valence-corrected chi connectivity index (χ4v) is 1.57. The van der Waals surface area contributed by atoms with E-state index in [-0.39, 0.29) is 6.03 Å². The number of likely N-dealkylation sites (tertiary alicyclic amines) is 1. The Morgan fingerprint density at radius 3 is 2.77 bits per heavy atom. The van der Waals surface area contributed by atoms with Crippen molar-refractivity contribution in [3.8, 4) is 0 Å². The van der Waals surface area contributed by atoms with Crippen molar-refractivity contribution in [3.63, 3.8) is 0 Å². The number of carbonyl (C=O) groups excluding carboxylic acids is 1. The molecular formula is C9H18N2O2. The molecule has 1 N–H and O–H groups in total. The highest BCUT2D eigenvalue weighted by molar-refractivity contribution is 5.73. The molecule has 2 unspecified atom stereocenters. The molecule has 1 aliphatic rings. The van der Waals surface area contributed by atoms with E-state index in [0.717, 1.165) is 13.0 Å². The lowest BCUT2D eigenvalue weighted by Crippen LogP contribution is -2.42.